The standard InChI is InChI=1S/C19H32Cl2N2O2/c1-12-7-14(3-5-16(12)22-18(24)10-20)9-15-4-6-17(13(2)8-15)23-19(25)11-21/h12-17H,3-11H2,1-2H3,(H,22,24)(H,23,25)/t12-,13+,14-,15+,16-,17-/m0/s1. The molecule has 0 spiro atoms. The molecule has 0 saturated heterocycles. The number of rotatable bonds is 6. The van der Waals surface area contributed by atoms with Crippen LogP contribution >= 0.6 is 23.2 Å². The first-order valence-electron chi connectivity index (χ1n) is 9.63. The normalized spacial score (nSPS) is 35.8. The third-order valence-corrected chi connectivity index (χ3v) is 6.64. The van der Waals surface area contributed by atoms with Crippen LogP contribution in [-0.2, 0) is 9.59 Å². The Morgan fingerprint density at radius 2 is 1.20 bits per heavy atom. The van der Waals surface area contributed by atoms with Crippen molar-refractivity contribution in [1.29, 1.82) is 0 Å². The van der Waals surface area contributed by atoms with Crippen molar-refractivity contribution in [3.05, 3.63) is 0 Å². The number of hydrogen-bond donors (Lipinski definition) is 2. The van der Waals surface area contributed by atoms with Crippen LogP contribution in [0.3, 0.4) is 0 Å². The Hall–Kier alpha value is -0.480. The van der Waals surface area contributed by atoms with Gasteiger partial charge in [0, 0.05) is 12.1 Å². The lowest BCUT2D eigenvalue weighted by atomic mass is 9.70. The minimum atomic E-state index is -0.0527. The Labute approximate surface area is 161 Å². The van der Waals surface area contributed by atoms with E-state index < -0.39 is 0 Å². The minimum absolute atomic E-state index is 0.0496. The van der Waals surface area contributed by atoms with Gasteiger partial charge in [-0.3, -0.25) is 9.59 Å². The average molecular weight is 391 g/mol. The molecule has 0 bridgehead atoms. The summed E-state index contributed by atoms with van der Waals surface area (Å²) >= 11 is 11.2. The number of nitrogens with one attached hydrogen (secondary N) is 2. The molecule has 0 aliphatic heterocycles. The predicted molar refractivity (Wildman–Crippen MR) is 103 cm³/mol. The van der Waals surface area contributed by atoms with Gasteiger partial charge in [-0.2, -0.15) is 0 Å². The highest BCUT2D eigenvalue weighted by atomic mass is 35.5. The van der Waals surface area contributed by atoms with Crippen LogP contribution in [0.15, 0.2) is 0 Å². The summed E-state index contributed by atoms with van der Waals surface area (Å²) in [6, 6.07) is 0.561. The third kappa shape index (κ3) is 6.32. The average Bonchev–Trinajstić information content (AvgIpc) is 2.59. The fraction of sp³-hybridized carbons (Fsp3) is 0.895. The van der Waals surface area contributed by atoms with E-state index in [2.05, 4.69) is 24.5 Å². The second-order valence-electron chi connectivity index (χ2n) is 8.16. The number of hydrogen-bond acceptors (Lipinski definition) is 2. The molecular formula is C19H32Cl2N2O2. The highest BCUT2D eigenvalue weighted by Gasteiger charge is 2.33. The number of carbonyl (C=O) groups excluding carboxylic acids is 2. The Bertz CT molecular complexity index is 421. The number of halogens is 2. The van der Waals surface area contributed by atoms with Gasteiger partial charge >= 0.3 is 0 Å². The van der Waals surface area contributed by atoms with Gasteiger partial charge in [0.1, 0.15) is 11.8 Å². The molecule has 0 aromatic carbocycles. The summed E-state index contributed by atoms with van der Waals surface area (Å²) < 4.78 is 0. The molecule has 0 heterocycles. The third-order valence-electron chi connectivity index (χ3n) is 6.16. The van der Waals surface area contributed by atoms with Gasteiger partial charge < -0.3 is 10.6 Å². The molecule has 0 radical (unpaired) electrons. The van der Waals surface area contributed by atoms with Crippen LogP contribution in [-0.4, -0.2) is 35.7 Å². The second kappa shape index (κ2) is 10.0. The largest absolute Gasteiger partial charge is 0.352 e. The molecule has 6 atom stereocenters. The zero-order valence-electron chi connectivity index (χ0n) is 15.4. The molecule has 0 aromatic rings. The summed E-state index contributed by atoms with van der Waals surface area (Å²) in [5, 5.41) is 6.11. The molecule has 2 fully saturated rings. The summed E-state index contributed by atoms with van der Waals surface area (Å²) in [6.07, 6.45) is 8.15. The van der Waals surface area contributed by atoms with E-state index >= 15 is 0 Å². The van der Waals surface area contributed by atoms with Crippen molar-refractivity contribution in [3.8, 4) is 0 Å². The summed E-state index contributed by atoms with van der Waals surface area (Å²) in [7, 11) is 0. The summed E-state index contributed by atoms with van der Waals surface area (Å²) in [5.74, 6) is 2.54. The fourth-order valence-corrected chi connectivity index (χ4v) is 4.99. The lowest BCUT2D eigenvalue weighted by molar-refractivity contribution is -0.120. The molecule has 2 saturated carbocycles. The maximum Gasteiger partial charge on any atom is 0.235 e. The first-order chi connectivity index (χ1) is 11.9. The molecule has 6 heteroatoms. The predicted octanol–water partition coefficient (Wildman–Crippen LogP) is 3.70. The SMILES string of the molecule is C[C@@H]1C[C@H](C[C@H]2CC[C@H](NC(=O)CCl)[C@@H](C)C2)CC[C@@H]1NC(=O)CCl. The monoisotopic (exact) mass is 390 g/mol. The van der Waals surface area contributed by atoms with E-state index in [0.29, 0.717) is 11.8 Å². The molecular weight excluding hydrogens is 359 g/mol. The van der Waals surface area contributed by atoms with Crippen molar-refractivity contribution < 1.29 is 9.59 Å². The van der Waals surface area contributed by atoms with Crippen molar-refractivity contribution >= 4 is 35.0 Å². The number of alkyl halides is 2. The fourth-order valence-electron chi connectivity index (χ4n) is 4.83. The van der Waals surface area contributed by atoms with Crippen molar-refractivity contribution in [3.63, 3.8) is 0 Å². The molecule has 25 heavy (non-hydrogen) atoms. The summed E-state index contributed by atoms with van der Waals surface area (Å²) in [6.45, 7) is 4.49. The smallest absolute Gasteiger partial charge is 0.235 e. The molecule has 0 unspecified atom stereocenters. The van der Waals surface area contributed by atoms with E-state index in [1.165, 1.54) is 32.1 Å². The van der Waals surface area contributed by atoms with Gasteiger partial charge in [-0.15, -0.1) is 23.2 Å². The summed E-state index contributed by atoms with van der Waals surface area (Å²) in [5.41, 5.74) is 0. The summed E-state index contributed by atoms with van der Waals surface area (Å²) in [4.78, 5) is 23.0. The molecule has 4 nitrogen and oxygen atoms in total. The van der Waals surface area contributed by atoms with E-state index in [1.807, 2.05) is 0 Å². The Morgan fingerprint density at radius 3 is 1.52 bits per heavy atom. The molecule has 2 rings (SSSR count). The van der Waals surface area contributed by atoms with Crippen LogP contribution in [0.1, 0.15) is 58.8 Å². The van der Waals surface area contributed by atoms with Crippen LogP contribution in [0.5, 0.6) is 0 Å². The quantitative estimate of drug-likeness (QED) is 0.679. The van der Waals surface area contributed by atoms with Gasteiger partial charge in [0.15, 0.2) is 0 Å². The van der Waals surface area contributed by atoms with Crippen LogP contribution in [0.4, 0.5) is 0 Å². The topological polar surface area (TPSA) is 58.2 Å². The first kappa shape index (κ1) is 20.8. The molecule has 2 N–H and O–H groups in total. The van der Waals surface area contributed by atoms with Gasteiger partial charge in [-0.1, -0.05) is 13.8 Å². The van der Waals surface area contributed by atoms with E-state index in [-0.39, 0.29) is 35.7 Å². The highest BCUT2D eigenvalue weighted by molar-refractivity contribution is 6.27. The number of amides is 2. The van der Waals surface area contributed by atoms with Crippen LogP contribution in [0.25, 0.3) is 0 Å². The molecule has 2 aliphatic carbocycles. The van der Waals surface area contributed by atoms with Gasteiger partial charge in [-0.05, 0) is 68.6 Å². The van der Waals surface area contributed by atoms with Crippen molar-refractivity contribution in [2.24, 2.45) is 23.7 Å². The lowest BCUT2D eigenvalue weighted by Crippen LogP contribution is -2.44. The number of carbonyl (C=O) groups is 2. The molecule has 0 aromatic heterocycles. The van der Waals surface area contributed by atoms with Gasteiger partial charge in [0.2, 0.25) is 11.8 Å². The molecule has 2 amide bonds. The van der Waals surface area contributed by atoms with Crippen molar-refractivity contribution in [1.82, 2.24) is 10.6 Å². The van der Waals surface area contributed by atoms with Crippen molar-refractivity contribution in [2.45, 2.75) is 70.9 Å². The first-order valence-corrected chi connectivity index (χ1v) is 10.7. The van der Waals surface area contributed by atoms with E-state index in [1.54, 1.807) is 0 Å². The molecule has 2 aliphatic rings. The zero-order chi connectivity index (χ0) is 18.4. The van der Waals surface area contributed by atoms with E-state index in [9.17, 15) is 9.59 Å². The minimum Gasteiger partial charge on any atom is -0.352 e. The van der Waals surface area contributed by atoms with E-state index in [4.69, 9.17) is 23.2 Å². The van der Waals surface area contributed by atoms with Gasteiger partial charge in [0.25, 0.3) is 0 Å². The van der Waals surface area contributed by atoms with Gasteiger partial charge in [0.05, 0.1) is 0 Å². The van der Waals surface area contributed by atoms with Gasteiger partial charge in [-0.25, -0.2) is 0 Å². The maximum atomic E-state index is 11.5. The second-order valence-corrected chi connectivity index (χ2v) is 8.70. The Kier molecular flexibility index (Phi) is 8.34. The van der Waals surface area contributed by atoms with Crippen LogP contribution in [0, 0.1) is 23.7 Å². The molecule has 144 valence electrons. The Morgan fingerprint density at radius 1 is 0.800 bits per heavy atom. The zero-order valence-corrected chi connectivity index (χ0v) is 16.9. The van der Waals surface area contributed by atoms with Crippen LogP contribution in [0.2, 0.25) is 0 Å². The highest BCUT2D eigenvalue weighted by Crippen LogP contribution is 2.39. The van der Waals surface area contributed by atoms with Crippen molar-refractivity contribution in [2.75, 3.05) is 11.8 Å². The lowest BCUT2D eigenvalue weighted by Gasteiger charge is -2.39. The maximum absolute atomic E-state index is 11.5. The Balaban J connectivity index is 1.75. The van der Waals surface area contributed by atoms with Crippen LogP contribution < -0.4 is 10.6 Å². The van der Waals surface area contributed by atoms with E-state index in [0.717, 1.165) is 24.7 Å².